The van der Waals surface area contributed by atoms with Crippen LogP contribution in [0.1, 0.15) is 40.0 Å². The Morgan fingerprint density at radius 2 is 1.67 bits per heavy atom. The van der Waals surface area contributed by atoms with Gasteiger partial charge >= 0.3 is 0 Å². The minimum Gasteiger partial charge on any atom is -0.342 e. The van der Waals surface area contributed by atoms with Crippen molar-refractivity contribution >= 4 is 5.91 Å². The molecule has 0 unspecified atom stereocenters. The van der Waals surface area contributed by atoms with Crippen LogP contribution < -0.4 is 0 Å². The fraction of sp³-hybridized carbons (Fsp3) is 0.941. The van der Waals surface area contributed by atoms with Crippen molar-refractivity contribution in [2.24, 2.45) is 11.3 Å². The smallest absolute Gasteiger partial charge is 0.225 e. The van der Waals surface area contributed by atoms with Crippen LogP contribution in [0.2, 0.25) is 0 Å². The molecule has 0 aromatic rings. The van der Waals surface area contributed by atoms with Crippen LogP contribution in [0.4, 0.5) is 0 Å². The molecule has 0 radical (unpaired) electrons. The molecule has 0 aliphatic carbocycles. The van der Waals surface area contributed by atoms with Crippen molar-refractivity contribution in [3.05, 3.63) is 0 Å². The largest absolute Gasteiger partial charge is 0.342 e. The second kappa shape index (κ2) is 5.24. The lowest BCUT2D eigenvalue weighted by molar-refractivity contribution is -0.137. The number of rotatable bonds is 1. The molecule has 3 saturated heterocycles. The van der Waals surface area contributed by atoms with Gasteiger partial charge in [0.25, 0.3) is 0 Å². The number of nitrogens with zero attached hydrogens (tertiary/aromatic N) is 3. The first kappa shape index (κ1) is 15.3. The fourth-order valence-electron chi connectivity index (χ4n) is 4.54. The van der Waals surface area contributed by atoms with Gasteiger partial charge in [-0.1, -0.05) is 0 Å². The number of hydrogen-bond acceptors (Lipinski definition) is 3. The second-order valence-electron chi connectivity index (χ2n) is 8.61. The SMILES string of the molecule is CN1CC2(CCN(C(=O)C3CCN(C(C)(C)C)CC3)C2)C1. The van der Waals surface area contributed by atoms with Gasteiger partial charge in [-0.2, -0.15) is 0 Å². The van der Waals surface area contributed by atoms with Gasteiger partial charge in [0.05, 0.1) is 0 Å². The van der Waals surface area contributed by atoms with Gasteiger partial charge in [0, 0.05) is 43.1 Å². The van der Waals surface area contributed by atoms with Gasteiger partial charge in [0.1, 0.15) is 0 Å². The molecular weight excluding hydrogens is 262 g/mol. The second-order valence-corrected chi connectivity index (χ2v) is 8.61. The number of piperidine rings is 1. The van der Waals surface area contributed by atoms with Crippen molar-refractivity contribution in [3.63, 3.8) is 0 Å². The molecule has 4 heteroatoms. The van der Waals surface area contributed by atoms with Crippen molar-refractivity contribution < 1.29 is 4.79 Å². The maximum absolute atomic E-state index is 12.8. The summed E-state index contributed by atoms with van der Waals surface area (Å²) < 4.78 is 0. The Morgan fingerprint density at radius 3 is 2.19 bits per heavy atom. The van der Waals surface area contributed by atoms with Crippen LogP contribution in [0, 0.1) is 11.3 Å². The maximum atomic E-state index is 12.8. The highest BCUT2D eigenvalue weighted by atomic mass is 16.2. The van der Waals surface area contributed by atoms with E-state index in [0.29, 0.717) is 11.3 Å². The minimum absolute atomic E-state index is 0.238. The number of likely N-dealkylation sites (tertiary alicyclic amines) is 3. The van der Waals surface area contributed by atoms with E-state index in [4.69, 9.17) is 0 Å². The normalized spacial score (nSPS) is 28.1. The van der Waals surface area contributed by atoms with Gasteiger partial charge in [0.15, 0.2) is 0 Å². The van der Waals surface area contributed by atoms with Crippen LogP contribution in [-0.2, 0) is 4.79 Å². The van der Waals surface area contributed by atoms with Gasteiger partial charge in [-0.05, 0) is 60.2 Å². The lowest BCUT2D eigenvalue weighted by atomic mass is 9.79. The third-order valence-electron chi connectivity index (χ3n) is 5.75. The third-order valence-corrected chi connectivity index (χ3v) is 5.75. The molecule has 1 spiro atoms. The lowest BCUT2D eigenvalue weighted by Gasteiger charge is -2.46. The van der Waals surface area contributed by atoms with Gasteiger partial charge in [-0.3, -0.25) is 9.69 Å². The average Bonchev–Trinajstić information content (AvgIpc) is 2.82. The third kappa shape index (κ3) is 2.98. The van der Waals surface area contributed by atoms with Crippen molar-refractivity contribution in [1.82, 2.24) is 14.7 Å². The van der Waals surface area contributed by atoms with Crippen molar-refractivity contribution in [2.75, 3.05) is 46.3 Å². The van der Waals surface area contributed by atoms with E-state index in [2.05, 4.69) is 42.5 Å². The Morgan fingerprint density at radius 1 is 1.05 bits per heavy atom. The van der Waals surface area contributed by atoms with E-state index in [1.54, 1.807) is 0 Å². The molecule has 3 rings (SSSR count). The molecule has 0 aromatic carbocycles. The maximum Gasteiger partial charge on any atom is 0.225 e. The summed E-state index contributed by atoms with van der Waals surface area (Å²) >= 11 is 0. The molecule has 3 aliphatic heterocycles. The summed E-state index contributed by atoms with van der Waals surface area (Å²) in [5.74, 6) is 0.714. The standard InChI is InChI=1S/C17H31N3O/c1-16(2,3)20-8-5-14(6-9-20)15(21)19-10-7-17(13-19)11-18(4)12-17/h14H,5-13H2,1-4H3. The fourth-order valence-corrected chi connectivity index (χ4v) is 4.54. The van der Waals surface area contributed by atoms with Gasteiger partial charge in [-0.25, -0.2) is 0 Å². The zero-order chi connectivity index (χ0) is 15.3. The minimum atomic E-state index is 0.238. The molecule has 0 N–H and O–H groups in total. The van der Waals surface area contributed by atoms with E-state index in [1.165, 1.54) is 19.5 Å². The quantitative estimate of drug-likeness (QED) is 0.736. The lowest BCUT2D eigenvalue weighted by Crippen LogP contribution is -2.56. The molecule has 1 amide bonds. The zero-order valence-electron chi connectivity index (χ0n) is 14.2. The van der Waals surface area contributed by atoms with E-state index >= 15 is 0 Å². The summed E-state index contributed by atoms with van der Waals surface area (Å²) in [5, 5.41) is 0. The molecular formula is C17H31N3O. The highest BCUT2D eigenvalue weighted by Crippen LogP contribution is 2.39. The van der Waals surface area contributed by atoms with Crippen molar-refractivity contribution in [3.8, 4) is 0 Å². The number of amides is 1. The summed E-state index contributed by atoms with van der Waals surface area (Å²) in [6, 6.07) is 0. The van der Waals surface area contributed by atoms with Crippen LogP contribution >= 0.6 is 0 Å². The van der Waals surface area contributed by atoms with Gasteiger partial charge < -0.3 is 9.80 Å². The van der Waals surface area contributed by atoms with Crippen LogP contribution in [0.3, 0.4) is 0 Å². The molecule has 0 saturated carbocycles. The molecule has 0 aromatic heterocycles. The zero-order valence-corrected chi connectivity index (χ0v) is 14.2. The van der Waals surface area contributed by atoms with E-state index in [0.717, 1.165) is 39.0 Å². The molecule has 0 bridgehead atoms. The van der Waals surface area contributed by atoms with Crippen molar-refractivity contribution in [2.45, 2.75) is 45.6 Å². The first-order valence-electron chi connectivity index (χ1n) is 8.52. The van der Waals surface area contributed by atoms with Crippen LogP contribution in [0.5, 0.6) is 0 Å². The van der Waals surface area contributed by atoms with Crippen LogP contribution in [-0.4, -0.2) is 72.5 Å². The summed E-state index contributed by atoms with van der Waals surface area (Å²) in [5.41, 5.74) is 0.679. The summed E-state index contributed by atoms with van der Waals surface area (Å²) in [7, 11) is 2.18. The highest BCUT2D eigenvalue weighted by molar-refractivity contribution is 5.79. The Labute approximate surface area is 129 Å². The predicted molar refractivity (Wildman–Crippen MR) is 85.2 cm³/mol. The molecule has 3 fully saturated rings. The number of hydrogen-bond donors (Lipinski definition) is 0. The predicted octanol–water partition coefficient (Wildman–Crippen LogP) is 1.66. The number of carbonyl (C=O) groups excluding carboxylic acids is 1. The monoisotopic (exact) mass is 293 g/mol. The van der Waals surface area contributed by atoms with Crippen LogP contribution in [0.25, 0.3) is 0 Å². The Hall–Kier alpha value is -0.610. The molecule has 21 heavy (non-hydrogen) atoms. The van der Waals surface area contributed by atoms with E-state index in [1.807, 2.05) is 0 Å². The molecule has 0 atom stereocenters. The Balaban J connectivity index is 1.51. The summed E-state index contributed by atoms with van der Waals surface area (Å²) in [6.07, 6.45) is 3.29. The van der Waals surface area contributed by atoms with E-state index < -0.39 is 0 Å². The van der Waals surface area contributed by atoms with Gasteiger partial charge in [0.2, 0.25) is 5.91 Å². The highest BCUT2D eigenvalue weighted by Gasteiger charge is 2.48. The summed E-state index contributed by atoms with van der Waals surface area (Å²) in [4.78, 5) is 19.8. The average molecular weight is 293 g/mol. The first-order valence-corrected chi connectivity index (χ1v) is 8.52. The molecule has 3 aliphatic rings. The molecule has 3 heterocycles. The number of carbonyl (C=O) groups is 1. The molecule has 4 nitrogen and oxygen atoms in total. The van der Waals surface area contributed by atoms with Crippen molar-refractivity contribution in [1.29, 1.82) is 0 Å². The molecule has 120 valence electrons. The Kier molecular flexibility index (Phi) is 3.81. The van der Waals surface area contributed by atoms with Crippen LogP contribution in [0.15, 0.2) is 0 Å². The first-order chi connectivity index (χ1) is 9.79. The topological polar surface area (TPSA) is 26.8 Å². The Bertz CT molecular complexity index is 401. The summed E-state index contributed by atoms with van der Waals surface area (Å²) in [6.45, 7) is 13.3. The van der Waals surface area contributed by atoms with Gasteiger partial charge in [-0.15, -0.1) is 0 Å². The van der Waals surface area contributed by atoms with E-state index in [9.17, 15) is 4.79 Å². The van der Waals surface area contributed by atoms with E-state index in [-0.39, 0.29) is 11.5 Å².